The molecule has 0 aromatic rings. The quantitative estimate of drug-likeness (QED) is 0.158. The van der Waals surface area contributed by atoms with Crippen molar-refractivity contribution in [2.45, 2.75) is 36.9 Å². The Morgan fingerprint density at radius 3 is 0.714 bits per heavy atom. The molecule has 15 nitrogen and oxygen atoms in total. The number of rotatable bonds is 10. The summed E-state index contributed by atoms with van der Waals surface area (Å²) in [4.78, 5) is 61.0. The van der Waals surface area contributed by atoms with E-state index in [1.165, 1.54) is 0 Å². The predicted molar refractivity (Wildman–Crippen MR) is 86.4 cm³/mol. The van der Waals surface area contributed by atoms with Crippen molar-refractivity contribution in [2.75, 3.05) is 0 Å². The van der Waals surface area contributed by atoms with Gasteiger partial charge in [-0.3, -0.25) is 19.2 Å². The van der Waals surface area contributed by atoms with Gasteiger partial charge >= 0.3 is 65.4 Å². The summed E-state index contributed by atoms with van der Waals surface area (Å²) >= 11 is 0. The molecule has 0 bridgehead atoms. The number of carboxylic acids is 6. The fourth-order valence-electron chi connectivity index (χ4n) is 1.43. The Morgan fingerprint density at radius 1 is 0.500 bits per heavy atom. The fraction of sp³-hybridized carbons (Fsp3) is 0.500. The van der Waals surface area contributed by atoms with Crippen molar-refractivity contribution in [2.24, 2.45) is 0 Å². The molecule has 0 heterocycles. The molecule has 28 heavy (non-hydrogen) atoms. The molecular weight excluding hydrogens is 405 g/mol. The Labute approximate surface area is 178 Å². The summed E-state index contributed by atoms with van der Waals surface area (Å²) in [5, 5.41) is 67.6. The van der Waals surface area contributed by atoms with Crippen molar-refractivity contribution in [3.8, 4) is 0 Å². The monoisotopic (exact) mass is 425 g/mol. The minimum absolute atomic E-state index is 0. The average Bonchev–Trinajstić information content (AvgIpc) is 2.34. The predicted octanol–water partition coefficient (Wildman–Crippen LogP) is -2.98. The number of aliphatic carboxylic acids is 6. The molecule has 0 radical (unpaired) electrons. The molecule has 0 amide bonds. The maximum absolute atomic E-state index is 10.3. The first kappa shape index (κ1) is 33.3. The zero-order valence-corrected chi connectivity index (χ0v) is 13.6. The molecule has 158 valence electrons. The third-order valence-corrected chi connectivity index (χ3v) is 2.57. The van der Waals surface area contributed by atoms with Crippen molar-refractivity contribution in [3.05, 3.63) is 0 Å². The van der Waals surface area contributed by atoms with E-state index < -0.39 is 72.7 Å². The van der Waals surface area contributed by atoms with E-state index in [0.29, 0.717) is 0 Å². The van der Waals surface area contributed by atoms with Crippen LogP contribution in [0.15, 0.2) is 0 Å². The van der Waals surface area contributed by atoms with Crippen LogP contribution in [-0.4, -0.2) is 117 Å². The van der Waals surface area contributed by atoms with E-state index in [2.05, 4.69) is 0 Å². The number of hydrogen-bond donors (Lipinski definition) is 9. The molecule has 0 unspecified atom stereocenters. The standard InChI is InChI=1S/2C6H8O7.H3N.Na.H/c2*7-3(8)1-6(13,5(11)12)2-4(9)10;;;/h2*13H,1-2H2,(H,7,8)(H,9,10)(H,11,12);1H3;;. The van der Waals surface area contributed by atoms with Gasteiger partial charge in [-0.1, -0.05) is 0 Å². The zero-order chi connectivity index (χ0) is 21.3. The van der Waals surface area contributed by atoms with Gasteiger partial charge in [0.1, 0.15) is 0 Å². The SMILES string of the molecule is N.O=C(O)CC(O)(CC(=O)O)C(=O)O.O=C(O)CC(O)(CC(=O)O)C(=O)O.[NaH]. The molecule has 0 aliphatic heterocycles. The summed E-state index contributed by atoms with van der Waals surface area (Å²) in [5.41, 5.74) is -5.48. The number of aliphatic hydroxyl groups is 2. The Balaban J connectivity index is -0.000000192. The van der Waals surface area contributed by atoms with Crippen molar-refractivity contribution < 1.29 is 69.6 Å². The van der Waals surface area contributed by atoms with Gasteiger partial charge in [0.25, 0.3) is 0 Å². The molecule has 0 aliphatic carbocycles. The van der Waals surface area contributed by atoms with Crippen LogP contribution in [0.3, 0.4) is 0 Å². The van der Waals surface area contributed by atoms with Crippen LogP contribution >= 0.6 is 0 Å². The molecule has 0 aliphatic rings. The molecule has 0 rings (SSSR count). The Bertz CT molecular complexity index is 519. The first-order valence-electron chi connectivity index (χ1n) is 6.34. The van der Waals surface area contributed by atoms with Crippen LogP contribution in [0.5, 0.6) is 0 Å². The molecule has 0 aromatic carbocycles. The summed E-state index contributed by atoms with van der Waals surface area (Å²) in [6.07, 6.45) is -4.58. The Morgan fingerprint density at radius 2 is 0.643 bits per heavy atom. The third kappa shape index (κ3) is 13.8. The summed E-state index contributed by atoms with van der Waals surface area (Å²) in [6.45, 7) is 0. The van der Waals surface area contributed by atoms with E-state index in [1.54, 1.807) is 0 Å². The van der Waals surface area contributed by atoms with E-state index in [1.807, 2.05) is 0 Å². The summed E-state index contributed by atoms with van der Waals surface area (Å²) in [6, 6.07) is 0. The number of carbonyl (C=O) groups is 6. The normalized spacial score (nSPS) is 10.1. The maximum atomic E-state index is 10.3. The van der Waals surface area contributed by atoms with E-state index in [4.69, 9.17) is 40.9 Å². The van der Waals surface area contributed by atoms with Gasteiger partial charge in [-0.05, 0) is 0 Å². The van der Waals surface area contributed by atoms with Crippen LogP contribution in [0.4, 0.5) is 0 Å². The molecule has 0 saturated heterocycles. The van der Waals surface area contributed by atoms with E-state index in [9.17, 15) is 28.8 Å². The van der Waals surface area contributed by atoms with Crippen LogP contribution in [-0.2, 0) is 28.8 Å². The minimum atomic E-state index is -2.74. The Kier molecular flexibility index (Phi) is 16.4. The second-order valence-electron chi connectivity index (χ2n) is 4.96. The van der Waals surface area contributed by atoms with Gasteiger partial charge in [0, 0.05) is 0 Å². The molecule has 0 spiro atoms. The van der Waals surface area contributed by atoms with Gasteiger partial charge in [0.15, 0.2) is 11.2 Å². The van der Waals surface area contributed by atoms with Gasteiger partial charge in [-0.25, -0.2) is 9.59 Å². The summed E-state index contributed by atoms with van der Waals surface area (Å²) in [7, 11) is 0. The average molecular weight is 425 g/mol. The van der Waals surface area contributed by atoms with Gasteiger partial charge in [-0.2, -0.15) is 0 Å². The molecule has 16 heteroatoms. The van der Waals surface area contributed by atoms with Gasteiger partial charge in [-0.15, -0.1) is 0 Å². The van der Waals surface area contributed by atoms with Gasteiger partial charge in [0.2, 0.25) is 0 Å². The van der Waals surface area contributed by atoms with Gasteiger partial charge in [0.05, 0.1) is 25.7 Å². The van der Waals surface area contributed by atoms with Crippen molar-refractivity contribution >= 4 is 65.4 Å². The van der Waals surface area contributed by atoms with Gasteiger partial charge < -0.3 is 47.0 Å². The zero-order valence-electron chi connectivity index (χ0n) is 13.6. The molecule has 0 fully saturated rings. The van der Waals surface area contributed by atoms with Crippen molar-refractivity contribution in [1.82, 2.24) is 6.15 Å². The molecule has 0 aromatic heterocycles. The van der Waals surface area contributed by atoms with Crippen molar-refractivity contribution in [1.29, 1.82) is 0 Å². The van der Waals surface area contributed by atoms with E-state index in [-0.39, 0.29) is 35.7 Å². The molecule has 11 N–H and O–H groups in total. The van der Waals surface area contributed by atoms with Crippen LogP contribution in [0, 0.1) is 0 Å². The topological polar surface area (TPSA) is 299 Å². The first-order valence-corrected chi connectivity index (χ1v) is 6.34. The molecule has 0 atom stereocenters. The van der Waals surface area contributed by atoms with Crippen LogP contribution in [0.1, 0.15) is 25.7 Å². The van der Waals surface area contributed by atoms with Crippen LogP contribution in [0.2, 0.25) is 0 Å². The van der Waals surface area contributed by atoms with Crippen LogP contribution < -0.4 is 6.15 Å². The van der Waals surface area contributed by atoms with E-state index >= 15 is 0 Å². The molecule has 0 saturated carbocycles. The fourth-order valence-corrected chi connectivity index (χ4v) is 1.43. The Hall–Kier alpha value is -2.30. The van der Waals surface area contributed by atoms with E-state index in [0.717, 1.165) is 0 Å². The first-order chi connectivity index (χ1) is 11.6. The summed E-state index contributed by atoms with van der Waals surface area (Å²) in [5.74, 6) is -10.0. The second-order valence-corrected chi connectivity index (χ2v) is 4.96. The van der Waals surface area contributed by atoms with Crippen LogP contribution in [0.25, 0.3) is 0 Å². The third-order valence-electron chi connectivity index (χ3n) is 2.57. The summed E-state index contributed by atoms with van der Waals surface area (Å²) < 4.78 is 0. The second kappa shape index (κ2) is 13.8. The number of hydrogen-bond acceptors (Lipinski definition) is 9. The van der Waals surface area contributed by atoms with Crippen molar-refractivity contribution in [3.63, 3.8) is 0 Å². The number of carboxylic acid groups (broad SMARTS) is 6. The molecular formula is C12H20NNaO14.